The number of aliphatic imine (C=N–C) groups is 1. The molecule has 0 aliphatic rings. The summed E-state index contributed by atoms with van der Waals surface area (Å²) in [5.41, 5.74) is 2.38. The highest BCUT2D eigenvalue weighted by Gasteiger charge is 2.06. The topological polar surface area (TPSA) is 54.7 Å². The van der Waals surface area contributed by atoms with Crippen LogP contribution in [0.25, 0.3) is 0 Å². The van der Waals surface area contributed by atoms with E-state index in [1.807, 2.05) is 43.2 Å². The molecule has 0 saturated carbocycles. The van der Waals surface area contributed by atoms with Crippen molar-refractivity contribution in [2.75, 3.05) is 27.2 Å². The Bertz CT molecular complexity index is 654. The average molecular weight is 457 g/mol. The van der Waals surface area contributed by atoms with E-state index in [4.69, 9.17) is 9.73 Å². The van der Waals surface area contributed by atoms with Gasteiger partial charge >= 0.3 is 0 Å². The van der Waals surface area contributed by atoms with E-state index in [0.717, 1.165) is 31.3 Å². The number of rotatable bonds is 7. The molecule has 1 N–H and O–H groups in total. The van der Waals surface area contributed by atoms with E-state index in [0.29, 0.717) is 6.54 Å². The number of hydrogen-bond donors (Lipinski definition) is 1. The Hall–Kier alpha value is -1.77. The van der Waals surface area contributed by atoms with Gasteiger partial charge in [0.05, 0.1) is 26.4 Å². The number of benzene rings is 1. The van der Waals surface area contributed by atoms with Crippen molar-refractivity contribution in [2.24, 2.45) is 4.99 Å². The van der Waals surface area contributed by atoms with Crippen LogP contribution in [0.15, 0.2) is 41.7 Å². The molecular weight excluding hydrogens is 429 g/mol. The molecule has 0 bridgehead atoms. The van der Waals surface area contributed by atoms with Crippen LogP contribution in [-0.4, -0.2) is 47.9 Å². The molecule has 0 unspecified atom stereocenters. The molecule has 2 aromatic rings. The summed E-state index contributed by atoms with van der Waals surface area (Å²) in [6.45, 7) is 7.21. The Labute approximate surface area is 167 Å². The Morgan fingerprint density at radius 1 is 1.32 bits per heavy atom. The average Bonchev–Trinajstić information content (AvgIpc) is 3.00. The van der Waals surface area contributed by atoms with Crippen LogP contribution in [0.4, 0.5) is 0 Å². The fourth-order valence-electron chi connectivity index (χ4n) is 2.40. The Morgan fingerprint density at radius 2 is 2.04 bits per heavy atom. The van der Waals surface area contributed by atoms with E-state index >= 15 is 0 Å². The lowest BCUT2D eigenvalue weighted by Crippen LogP contribution is -2.38. The zero-order chi connectivity index (χ0) is 17.4. The molecule has 1 aromatic carbocycles. The van der Waals surface area contributed by atoms with Crippen molar-refractivity contribution in [1.82, 2.24) is 20.0 Å². The lowest BCUT2D eigenvalue weighted by molar-refractivity contribution is 0.414. The van der Waals surface area contributed by atoms with Gasteiger partial charge in [-0.3, -0.25) is 9.67 Å². The maximum Gasteiger partial charge on any atom is 0.194 e. The maximum atomic E-state index is 5.20. The number of ether oxygens (including phenoxy) is 1. The van der Waals surface area contributed by atoms with Gasteiger partial charge in [0.25, 0.3) is 0 Å². The second-order valence-electron chi connectivity index (χ2n) is 5.72. The summed E-state index contributed by atoms with van der Waals surface area (Å²) < 4.78 is 7.12. The number of aromatic nitrogens is 2. The van der Waals surface area contributed by atoms with Crippen LogP contribution in [0.3, 0.4) is 0 Å². The molecule has 6 nitrogen and oxygen atoms in total. The predicted molar refractivity (Wildman–Crippen MR) is 113 cm³/mol. The Balaban J connectivity index is 0.00000312. The summed E-state index contributed by atoms with van der Waals surface area (Å²) in [4.78, 5) is 6.82. The van der Waals surface area contributed by atoms with Crippen LogP contribution in [0.1, 0.15) is 18.1 Å². The highest BCUT2D eigenvalue weighted by molar-refractivity contribution is 14.0. The number of methoxy groups -OCH3 is 1. The van der Waals surface area contributed by atoms with Crippen LogP contribution < -0.4 is 10.1 Å². The van der Waals surface area contributed by atoms with Crippen LogP contribution in [-0.2, 0) is 13.1 Å². The van der Waals surface area contributed by atoms with E-state index in [2.05, 4.69) is 34.4 Å². The molecular formula is C18H28IN5O. The Kier molecular flexibility index (Phi) is 9.33. The Morgan fingerprint density at radius 3 is 2.60 bits per heavy atom. The van der Waals surface area contributed by atoms with Crippen molar-refractivity contribution >= 4 is 29.9 Å². The number of aryl methyl sites for hydroxylation is 1. The monoisotopic (exact) mass is 457 g/mol. The molecule has 1 aromatic heterocycles. The van der Waals surface area contributed by atoms with Crippen LogP contribution >= 0.6 is 24.0 Å². The summed E-state index contributed by atoms with van der Waals surface area (Å²) in [6.07, 6.45) is 3.90. The number of nitrogens with one attached hydrogen (secondary N) is 1. The fourth-order valence-corrected chi connectivity index (χ4v) is 2.40. The van der Waals surface area contributed by atoms with Crippen molar-refractivity contribution < 1.29 is 4.74 Å². The molecule has 7 heteroatoms. The van der Waals surface area contributed by atoms with Gasteiger partial charge < -0.3 is 15.0 Å². The van der Waals surface area contributed by atoms with Gasteiger partial charge in [-0.05, 0) is 37.1 Å². The van der Waals surface area contributed by atoms with Gasteiger partial charge in [0.2, 0.25) is 0 Å². The number of nitrogens with zero attached hydrogens (tertiary/aromatic N) is 4. The van der Waals surface area contributed by atoms with Gasteiger partial charge in [-0.1, -0.05) is 12.1 Å². The first-order chi connectivity index (χ1) is 11.6. The van der Waals surface area contributed by atoms with Gasteiger partial charge in [0.15, 0.2) is 5.96 Å². The third-order valence-corrected chi connectivity index (χ3v) is 3.63. The number of halogens is 1. The van der Waals surface area contributed by atoms with Crippen molar-refractivity contribution in [1.29, 1.82) is 0 Å². The third kappa shape index (κ3) is 6.93. The van der Waals surface area contributed by atoms with Crippen molar-refractivity contribution in [3.63, 3.8) is 0 Å². The highest BCUT2D eigenvalue weighted by atomic mass is 127. The molecule has 25 heavy (non-hydrogen) atoms. The van der Waals surface area contributed by atoms with Crippen molar-refractivity contribution in [3.05, 3.63) is 47.8 Å². The first-order valence-corrected chi connectivity index (χ1v) is 8.23. The predicted octanol–water partition coefficient (Wildman–Crippen LogP) is 2.92. The SMILES string of the molecule is CCNC(=NCCn1cc(C)cn1)N(C)Cc1ccc(OC)cc1.I. The van der Waals surface area contributed by atoms with Gasteiger partial charge in [0, 0.05) is 26.3 Å². The lowest BCUT2D eigenvalue weighted by Gasteiger charge is -2.22. The van der Waals surface area contributed by atoms with E-state index in [9.17, 15) is 0 Å². The van der Waals surface area contributed by atoms with Gasteiger partial charge in [0.1, 0.15) is 5.75 Å². The summed E-state index contributed by atoms with van der Waals surface area (Å²) in [7, 11) is 3.72. The molecule has 0 radical (unpaired) electrons. The lowest BCUT2D eigenvalue weighted by atomic mass is 10.2. The molecule has 0 amide bonds. The number of guanidine groups is 1. The van der Waals surface area contributed by atoms with Crippen LogP contribution in [0, 0.1) is 6.92 Å². The molecule has 0 saturated heterocycles. The smallest absolute Gasteiger partial charge is 0.194 e. The minimum Gasteiger partial charge on any atom is -0.497 e. The summed E-state index contributed by atoms with van der Waals surface area (Å²) in [6, 6.07) is 8.11. The van der Waals surface area contributed by atoms with Crippen LogP contribution in [0.2, 0.25) is 0 Å². The third-order valence-electron chi connectivity index (χ3n) is 3.63. The molecule has 0 aliphatic heterocycles. The second kappa shape index (κ2) is 11.0. The molecule has 0 aliphatic carbocycles. The van der Waals surface area contributed by atoms with Crippen LogP contribution in [0.5, 0.6) is 5.75 Å². The normalized spacial score (nSPS) is 11.0. The molecule has 2 rings (SSSR count). The molecule has 0 spiro atoms. The van der Waals surface area contributed by atoms with Gasteiger partial charge in [-0.25, -0.2) is 0 Å². The summed E-state index contributed by atoms with van der Waals surface area (Å²) >= 11 is 0. The quantitative estimate of drug-likeness (QED) is 0.395. The summed E-state index contributed by atoms with van der Waals surface area (Å²) in [5.74, 6) is 1.77. The first-order valence-electron chi connectivity index (χ1n) is 8.23. The fraction of sp³-hybridized carbons (Fsp3) is 0.444. The minimum absolute atomic E-state index is 0. The van der Waals surface area contributed by atoms with Gasteiger partial charge in [-0.2, -0.15) is 5.10 Å². The molecule has 0 fully saturated rings. The van der Waals surface area contributed by atoms with Crippen molar-refractivity contribution in [3.8, 4) is 5.75 Å². The molecule has 1 heterocycles. The highest BCUT2D eigenvalue weighted by Crippen LogP contribution is 2.12. The summed E-state index contributed by atoms with van der Waals surface area (Å²) in [5, 5.41) is 7.63. The first kappa shape index (κ1) is 21.3. The van der Waals surface area contributed by atoms with Crippen molar-refractivity contribution in [2.45, 2.75) is 26.9 Å². The van der Waals surface area contributed by atoms with E-state index in [-0.39, 0.29) is 24.0 Å². The minimum atomic E-state index is 0. The largest absolute Gasteiger partial charge is 0.497 e. The second-order valence-corrected chi connectivity index (χ2v) is 5.72. The molecule has 0 atom stereocenters. The zero-order valence-electron chi connectivity index (χ0n) is 15.4. The maximum absolute atomic E-state index is 5.20. The van der Waals surface area contributed by atoms with E-state index in [1.54, 1.807) is 7.11 Å². The van der Waals surface area contributed by atoms with Gasteiger partial charge in [-0.15, -0.1) is 24.0 Å². The standard InChI is InChI=1S/C18H27N5O.HI/c1-5-19-18(20-10-11-23-13-15(2)12-21-23)22(3)14-16-6-8-17(24-4)9-7-16;/h6-9,12-13H,5,10-11,14H2,1-4H3,(H,19,20);1H. The van der Waals surface area contributed by atoms with E-state index in [1.165, 1.54) is 11.1 Å². The zero-order valence-corrected chi connectivity index (χ0v) is 17.7. The van der Waals surface area contributed by atoms with E-state index < -0.39 is 0 Å². The molecule has 138 valence electrons. The number of hydrogen-bond acceptors (Lipinski definition) is 3.